The number of hydrogen-bond acceptors (Lipinski definition) is 4. The van der Waals surface area contributed by atoms with Gasteiger partial charge in [-0.2, -0.15) is 0 Å². The van der Waals surface area contributed by atoms with Crippen molar-refractivity contribution in [3.63, 3.8) is 0 Å². The average molecular weight is 197 g/mol. The Morgan fingerprint density at radius 1 is 1.50 bits per heavy atom. The van der Waals surface area contributed by atoms with Crippen molar-refractivity contribution in [3.05, 3.63) is 11.8 Å². The zero-order valence-electron chi connectivity index (χ0n) is 8.78. The van der Waals surface area contributed by atoms with E-state index in [-0.39, 0.29) is 11.8 Å². The van der Waals surface area contributed by atoms with Gasteiger partial charge < -0.3 is 9.32 Å². The van der Waals surface area contributed by atoms with Crippen LogP contribution in [0.15, 0.2) is 4.42 Å². The second kappa shape index (κ2) is 4.74. The second-order valence-electron chi connectivity index (χ2n) is 3.21. The summed E-state index contributed by atoms with van der Waals surface area (Å²) in [4.78, 5) is 13.2. The van der Waals surface area contributed by atoms with Crippen LogP contribution in [-0.2, 0) is 0 Å². The Hall–Kier alpha value is -1.39. The minimum atomic E-state index is -0.209. The summed E-state index contributed by atoms with van der Waals surface area (Å²) in [6.45, 7) is 4.46. The molecule has 0 radical (unpaired) electrons. The fraction of sp³-hybridized carbons (Fsp3) is 0.667. The van der Waals surface area contributed by atoms with Gasteiger partial charge in [-0.15, -0.1) is 10.2 Å². The lowest BCUT2D eigenvalue weighted by Gasteiger charge is -2.13. The third kappa shape index (κ3) is 2.55. The maximum atomic E-state index is 11.6. The van der Waals surface area contributed by atoms with Crippen molar-refractivity contribution in [2.24, 2.45) is 0 Å². The first kappa shape index (κ1) is 10.7. The summed E-state index contributed by atoms with van der Waals surface area (Å²) in [6.07, 6.45) is 2.04. The van der Waals surface area contributed by atoms with E-state index in [1.165, 1.54) is 0 Å². The zero-order chi connectivity index (χ0) is 10.6. The molecule has 0 bridgehead atoms. The van der Waals surface area contributed by atoms with Crippen LogP contribution in [0.4, 0.5) is 0 Å². The molecule has 0 aromatic carbocycles. The van der Waals surface area contributed by atoms with E-state index in [2.05, 4.69) is 17.1 Å². The van der Waals surface area contributed by atoms with Crippen LogP contribution < -0.4 is 0 Å². The van der Waals surface area contributed by atoms with Crippen LogP contribution in [0.1, 0.15) is 36.3 Å². The van der Waals surface area contributed by atoms with Crippen LogP contribution in [0.3, 0.4) is 0 Å². The molecule has 0 N–H and O–H groups in total. The van der Waals surface area contributed by atoms with Gasteiger partial charge in [-0.25, -0.2) is 0 Å². The highest BCUT2D eigenvalue weighted by molar-refractivity contribution is 5.89. The summed E-state index contributed by atoms with van der Waals surface area (Å²) in [5.74, 6) is 0.275. The van der Waals surface area contributed by atoms with Crippen molar-refractivity contribution in [2.45, 2.75) is 26.7 Å². The molecule has 0 saturated carbocycles. The van der Waals surface area contributed by atoms with E-state index in [9.17, 15) is 4.79 Å². The molecule has 1 aromatic rings. The number of unbranched alkanes of at least 4 members (excludes halogenated alkanes) is 1. The molecule has 0 spiro atoms. The van der Waals surface area contributed by atoms with E-state index in [0.29, 0.717) is 5.89 Å². The maximum Gasteiger partial charge on any atom is 0.311 e. The number of rotatable bonds is 4. The van der Waals surface area contributed by atoms with Crippen LogP contribution >= 0.6 is 0 Å². The topological polar surface area (TPSA) is 59.2 Å². The molecule has 0 aliphatic heterocycles. The Labute approximate surface area is 83.1 Å². The van der Waals surface area contributed by atoms with E-state index < -0.39 is 0 Å². The van der Waals surface area contributed by atoms with Gasteiger partial charge in [0.25, 0.3) is 0 Å². The van der Waals surface area contributed by atoms with Crippen LogP contribution in [0.25, 0.3) is 0 Å². The van der Waals surface area contributed by atoms with E-state index in [4.69, 9.17) is 4.42 Å². The van der Waals surface area contributed by atoms with Gasteiger partial charge in [0.15, 0.2) is 0 Å². The fourth-order valence-corrected chi connectivity index (χ4v) is 1.04. The normalized spacial score (nSPS) is 10.2. The standard InChI is InChI=1S/C9H15N3O2/c1-4-5-6-12(3)9(13)8-11-10-7(2)14-8/h4-6H2,1-3H3. The summed E-state index contributed by atoms with van der Waals surface area (Å²) >= 11 is 0. The molecule has 0 fully saturated rings. The quantitative estimate of drug-likeness (QED) is 0.728. The lowest BCUT2D eigenvalue weighted by atomic mass is 10.3. The molecular formula is C9H15N3O2. The minimum Gasteiger partial charge on any atom is -0.417 e. The molecule has 5 nitrogen and oxygen atoms in total. The lowest BCUT2D eigenvalue weighted by molar-refractivity contribution is 0.0752. The van der Waals surface area contributed by atoms with Gasteiger partial charge in [0.1, 0.15) is 0 Å². The molecule has 1 rings (SSSR count). The number of aryl methyl sites for hydroxylation is 1. The molecule has 1 aromatic heterocycles. The van der Waals surface area contributed by atoms with E-state index in [1.54, 1.807) is 18.9 Å². The zero-order valence-corrected chi connectivity index (χ0v) is 8.78. The lowest BCUT2D eigenvalue weighted by Crippen LogP contribution is -2.27. The van der Waals surface area contributed by atoms with Gasteiger partial charge in [-0.05, 0) is 6.42 Å². The molecule has 0 aliphatic carbocycles. The van der Waals surface area contributed by atoms with E-state index in [1.807, 2.05) is 0 Å². The molecule has 1 heterocycles. The number of hydrogen-bond donors (Lipinski definition) is 0. The Morgan fingerprint density at radius 2 is 2.21 bits per heavy atom. The van der Waals surface area contributed by atoms with Crippen molar-refractivity contribution in [1.29, 1.82) is 0 Å². The molecule has 0 atom stereocenters. The molecule has 14 heavy (non-hydrogen) atoms. The van der Waals surface area contributed by atoms with Gasteiger partial charge in [-0.3, -0.25) is 4.79 Å². The SMILES string of the molecule is CCCCN(C)C(=O)c1nnc(C)o1. The summed E-state index contributed by atoms with van der Waals surface area (Å²) < 4.78 is 5.03. The summed E-state index contributed by atoms with van der Waals surface area (Å²) in [7, 11) is 1.73. The van der Waals surface area contributed by atoms with Crippen LogP contribution in [0.5, 0.6) is 0 Å². The van der Waals surface area contributed by atoms with Crippen LogP contribution in [0.2, 0.25) is 0 Å². The predicted octanol–water partition coefficient (Wildman–Crippen LogP) is 1.25. The van der Waals surface area contributed by atoms with Gasteiger partial charge >= 0.3 is 11.8 Å². The first-order valence-corrected chi connectivity index (χ1v) is 4.70. The summed E-state index contributed by atoms with van der Waals surface area (Å²) in [6, 6.07) is 0. The molecule has 0 unspecified atom stereocenters. The third-order valence-electron chi connectivity index (χ3n) is 1.90. The Kier molecular flexibility index (Phi) is 3.62. The minimum absolute atomic E-state index is 0.0705. The Balaban J connectivity index is 2.56. The third-order valence-corrected chi connectivity index (χ3v) is 1.90. The molecule has 0 aliphatic rings. The molecule has 5 heteroatoms. The fourth-order valence-electron chi connectivity index (χ4n) is 1.04. The highest BCUT2D eigenvalue weighted by Gasteiger charge is 2.17. The number of carbonyl (C=O) groups excluding carboxylic acids is 1. The first-order valence-electron chi connectivity index (χ1n) is 4.70. The van der Waals surface area contributed by atoms with Crippen molar-refractivity contribution in [1.82, 2.24) is 15.1 Å². The Morgan fingerprint density at radius 3 is 2.71 bits per heavy atom. The average Bonchev–Trinajstić information content (AvgIpc) is 2.60. The highest BCUT2D eigenvalue weighted by Crippen LogP contribution is 2.02. The van der Waals surface area contributed by atoms with Gasteiger partial charge in [0.2, 0.25) is 5.89 Å². The number of carbonyl (C=O) groups is 1. The van der Waals surface area contributed by atoms with Gasteiger partial charge in [0, 0.05) is 20.5 Å². The van der Waals surface area contributed by atoms with Crippen LogP contribution in [-0.4, -0.2) is 34.6 Å². The number of amides is 1. The highest BCUT2D eigenvalue weighted by atomic mass is 16.4. The largest absolute Gasteiger partial charge is 0.417 e. The van der Waals surface area contributed by atoms with Crippen molar-refractivity contribution >= 4 is 5.91 Å². The van der Waals surface area contributed by atoms with Crippen molar-refractivity contribution in [3.8, 4) is 0 Å². The van der Waals surface area contributed by atoms with Crippen molar-refractivity contribution < 1.29 is 9.21 Å². The second-order valence-corrected chi connectivity index (χ2v) is 3.21. The van der Waals surface area contributed by atoms with Crippen LogP contribution in [0, 0.1) is 6.92 Å². The molecular weight excluding hydrogens is 182 g/mol. The maximum absolute atomic E-state index is 11.6. The van der Waals surface area contributed by atoms with Gasteiger partial charge in [-0.1, -0.05) is 13.3 Å². The van der Waals surface area contributed by atoms with Crippen molar-refractivity contribution in [2.75, 3.05) is 13.6 Å². The molecule has 0 saturated heterocycles. The Bertz CT molecular complexity index is 309. The first-order chi connectivity index (χ1) is 6.65. The predicted molar refractivity (Wildman–Crippen MR) is 50.9 cm³/mol. The van der Waals surface area contributed by atoms with Gasteiger partial charge in [0.05, 0.1) is 0 Å². The summed E-state index contributed by atoms with van der Waals surface area (Å²) in [5, 5.41) is 7.27. The molecule has 1 amide bonds. The summed E-state index contributed by atoms with van der Waals surface area (Å²) in [5.41, 5.74) is 0. The number of aromatic nitrogens is 2. The smallest absolute Gasteiger partial charge is 0.311 e. The number of nitrogens with zero attached hydrogens (tertiary/aromatic N) is 3. The van der Waals surface area contributed by atoms with E-state index >= 15 is 0 Å². The monoisotopic (exact) mass is 197 g/mol. The van der Waals surface area contributed by atoms with E-state index in [0.717, 1.165) is 19.4 Å². The molecule has 78 valence electrons.